The van der Waals surface area contributed by atoms with Crippen molar-refractivity contribution >= 4 is 17.5 Å². The number of piperazine rings is 1. The monoisotopic (exact) mass is 294 g/mol. The number of rotatable bonds is 4. The first-order valence-corrected chi connectivity index (χ1v) is 7.67. The van der Waals surface area contributed by atoms with Crippen molar-refractivity contribution in [2.75, 3.05) is 26.2 Å². The second-order valence-corrected chi connectivity index (χ2v) is 6.13. The van der Waals surface area contributed by atoms with Crippen LogP contribution in [0.4, 0.5) is 0 Å². The summed E-state index contributed by atoms with van der Waals surface area (Å²) in [6.07, 6.45) is 1.55. The van der Waals surface area contributed by atoms with Gasteiger partial charge in [-0.15, -0.1) is 0 Å². The van der Waals surface area contributed by atoms with Crippen LogP contribution in [0.15, 0.2) is 18.2 Å². The quantitative estimate of drug-likeness (QED) is 0.926. The zero-order valence-electron chi connectivity index (χ0n) is 12.3. The van der Waals surface area contributed by atoms with Gasteiger partial charge in [0.05, 0.1) is 0 Å². The third kappa shape index (κ3) is 4.22. The van der Waals surface area contributed by atoms with Crippen LogP contribution in [0.3, 0.4) is 0 Å². The summed E-state index contributed by atoms with van der Waals surface area (Å²) < 4.78 is 0. The van der Waals surface area contributed by atoms with E-state index in [0.29, 0.717) is 12.3 Å². The molecule has 110 valence electrons. The van der Waals surface area contributed by atoms with Crippen molar-refractivity contribution < 1.29 is 4.79 Å². The van der Waals surface area contributed by atoms with Crippen LogP contribution in [0.5, 0.6) is 0 Å². The molecule has 0 radical (unpaired) electrons. The molecule has 1 heterocycles. The van der Waals surface area contributed by atoms with Gasteiger partial charge in [0.25, 0.3) is 0 Å². The van der Waals surface area contributed by atoms with Crippen molar-refractivity contribution in [3.05, 3.63) is 34.3 Å². The van der Waals surface area contributed by atoms with Gasteiger partial charge in [-0.25, -0.2) is 0 Å². The molecule has 1 atom stereocenters. The normalized spacial score (nSPS) is 17.1. The molecule has 1 aliphatic heterocycles. The number of aryl methyl sites for hydroxylation is 1. The Morgan fingerprint density at radius 3 is 2.75 bits per heavy atom. The second kappa shape index (κ2) is 7.09. The van der Waals surface area contributed by atoms with E-state index in [1.54, 1.807) is 0 Å². The molecule has 4 heteroatoms. The lowest BCUT2D eigenvalue weighted by atomic mass is 9.96. The number of benzene rings is 1. The zero-order valence-corrected chi connectivity index (χ0v) is 13.0. The molecular formula is C16H23ClN2O. The summed E-state index contributed by atoms with van der Waals surface area (Å²) in [5.74, 6) is 0.641. The molecule has 0 aliphatic carbocycles. The van der Waals surface area contributed by atoms with E-state index in [0.717, 1.165) is 43.2 Å². The third-order valence-electron chi connectivity index (χ3n) is 3.80. The fourth-order valence-electron chi connectivity index (χ4n) is 2.65. The molecule has 1 unspecified atom stereocenters. The number of carbonyl (C=O) groups is 1. The lowest BCUT2D eigenvalue weighted by molar-refractivity contribution is -0.132. The maximum Gasteiger partial charge on any atom is 0.222 e. The molecule has 20 heavy (non-hydrogen) atoms. The first kappa shape index (κ1) is 15.3. The molecule has 1 amide bonds. The lowest BCUT2D eigenvalue weighted by Crippen LogP contribution is -2.46. The Labute approximate surface area is 126 Å². The van der Waals surface area contributed by atoms with Crippen molar-refractivity contribution in [3.8, 4) is 0 Å². The molecule has 3 nitrogen and oxygen atoms in total. The lowest BCUT2D eigenvalue weighted by Gasteiger charge is -2.28. The molecule has 1 aliphatic rings. The molecule has 0 bridgehead atoms. The smallest absolute Gasteiger partial charge is 0.222 e. The van der Waals surface area contributed by atoms with Crippen molar-refractivity contribution in [3.63, 3.8) is 0 Å². The number of amides is 1. The minimum Gasteiger partial charge on any atom is -0.340 e. The van der Waals surface area contributed by atoms with Crippen molar-refractivity contribution in [1.29, 1.82) is 0 Å². The molecule has 1 aromatic carbocycles. The van der Waals surface area contributed by atoms with Gasteiger partial charge in [0, 0.05) is 37.6 Å². The number of halogens is 1. The highest BCUT2D eigenvalue weighted by molar-refractivity contribution is 6.31. The number of hydrogen-bond donors (Lipinski definition) is 1. The van der Waals surface area contributed by atoms with Gasteiger partial charge >= 0.3 is 0 Å². The molecule has 2 rings (SSSR count). The van der Waals surface area contributed by atoms with E-state index in [9.17, 15) is 4.79 Å². The Morgan fingerprint density at radius 1 is 1.40 bits per heavy atom. The third-order valence-corrected chi connectivity index (χ3v) is 4.22. The summed E-state index contributed by atoms with van der Waals surface area (Å²) in [5, 5.41) is 4.07. The maximum atomic E-state index is 12.2. The van der Waals surface area contributed by atoms with Crippen molar-refractivity contribution in [2.45, 2.75) is 26.7 Å². The fourth-order valence-corrected chi connectivity index (χ4v) is 2.77. The molecule has 1 aromatic rings. The van der Waals surface area contributed by atoms with Gasteiger partial charge in [0.15, 0.2) is 0 Å². The highest BCUT2D eigenvalue weighted by atomic mass is 35.5. The topological polar surface area (TPSA) is 32.3 Å². The number of carbonyl (C=O) groups excluding carboxylic acids is 1. The largest absolute Gasteiger partial charge is 0.340 e. The van der Waals surface area contributed by atoms with Crippen LogP contribution in [0.2, 0.25) is 5.02 Å². The van der Waals surface area contributed by atoms with Crippen LogP contribution in [0.1, 0.15) is 24.5 Å². The van der Waals surface area contributed by atoms with Crippen LogP contribution < -0.4 is 5.32 Å². The van der Waals surface area contributed by atoms with Crippen molar-refractivity contribution in [2.24, 2.45) is 5.92 Å². The highest BCUT2D eigenvalue weighted by Crippen LogP contribution is 2.20. The van der Waals surface area contributed by atoms with Crippen LogP contribution in [-0.2, 0) is 11.2 Å². The van der Waals surface area contributed by atoms with E-state index in [-0.39, 0.29) is 5.91 Å². The minimum absolute atomic E-state index is 0.282. The van der Waals surface area contributed by atoms with Crippen molar-refractivity contribution in [1.82, 2.24) is 10.2 Å². The van der Waals surface area contributed by atoms with Gasteiger partial charge in [-0.3, -0.25) is 4.79 Å². The minimum atomic E-state index is 0.282. The summed E-state index contributed by atoms with van der Waals surface area (Å²) in [4.78, 5) is 14.2. The Bertz CT molecular complexity index is 470. The molecule has 1 saturated heterocycles. The maximum absolute atomic E-state index is 12.2. The Morgan fingerprint density at radius 2 is 2.10 bits per heavy atom. The van der Waals surface area contributed by atoms with E-state index in [1.807, 2.05) is 17.9 Å². The van der Waals surface area contributed by atoms with E-state index >= 15 is 0 Å². The van der Waals surface area contributed by atoms with Crippen LogP contribution in [0.25, 0.3) is 0 Å². The molecule has 0 aromatic heterocycles. The van der Waals surface area contributed by atoms with Crippen LogP contribution >= 0.6 is 11.6 Å². The Kier molecular flexibility index (Phi) is 5.44. The number of hydrogen-bond acceptors (Lipinski definition) is 2. The fraction of sp³-hybridized carbons (Fsp3) is 0.562. The van der Waals surface area contributed by atoms with Gasteiger partial charge in [-0.2, -0.15) is 0 Å². The molecule has 0 spiro atoms. The van der Waals surface area contributed by atoms with Gasteiger partial charge in [-0.05, 0) is 36.5 Å². The van der Waals surface area contributed by atoms with Gasteiger partial charge < -0.3 is 10.2 Å². The zero-order chi connectivity index (χ0) is 14.5. The number of nitrogens with one attached hydrogen (secondary N) is 1. The number of nitrogens with zero attached hydrogens (tertiary/aromatic N) is 1. The molecule has 0 saturated carbocycles. The van der Waals surface area contributed by atoms with E-state index in [4.69, 9.17) is 11.6 Å². The van der Waals surface area contributed by atoms with E-state index < -0.39 is 0 Å². The molecular weight excluding hydrogens is 272 g/mol. The average molecular weight is 295 g/mol. The second-order valence-electron chi connectivity index (χ2n) is 5.73. The predicted molar refractivity (Wildman–Crippen MR) is 83.1 cm³/mol. The first-order valence-electron chi connectivity index (χ1n) is 7.30. The predicted octanol–water partition coefficient (Wildman–Crippen LogP) is 2.65. The SMILES string of the molecule is Cc1cc(CC(C)CC(=O)N2CCNCC2)ccc1Cl. The van der Waals surface area contributed by atoms with E-state index in [1.165, 1.54) is 5.56 Å². The average Bonchev–Trinajstić information content (AvgIpc) is 2.44. The van der Waals surface area contributed by atoms with Gasteiger partial charge in [0.2, 0.25) is 5.91 Å². The van der Waals surface area contributed by atoms with Gasteiger partial charge in [0.1, 0.15) is 0 Å². The first-order chi connectivity index (χ1) is 9.56. The Balaban J connectivity index is 1.86. The molecule has 1 N–H and O–H groups in total. The summed E-state index contributed by atoms with van der Waals surface area (Å²) >= 11 is 6.04. The Hall–Kier alpha value is -1.06. The summed E-state index contributed by atoms with van der Waals surface area (Å²) in [5.41, 5.74) is 2.36. The molecule has 1 fully saturated rings. The van der Waals surface area contributed by atoms with E-state index in [2.05, 4.69) is 24.4 Å². The summed E-state index contributed by atoms with van der Waals surface area (Å²) in [6, 6.07) is 6.12. The summed E-state index contributed by atoms with van der Waals surface area (Å²) in [7, 11) is 0. The van der Waals surface area contributed by atoms with Gasteiger partial charge in [-0.1, -0.05) is 30.7 Å². The standard InChI is InChI=1S/C16H23ClN2O/c1-12(9-14-3-4-15(17)13(2)11-14)10-16(20)19-7-5-18-6-8-19/h3-4,11-12,18H,5-10H2,1-2H3. The highest BCUT2D eigenvalue weighted by Gasteiger charge is 2.18. The van der Waals surface area contributed by atoms with Crippen LogP contribution in [-0.4, -0.2) is 37.0 Å². The summed E-state index contributed by atoms with van der Waals surface area (Å²) in [6.45, 7) is 7.66. The van der Waals surface area contributed by atoms with Crippen LogP contribution in [0, 0.1) is 12.8 Å².